The highest BCUT2D eigenvalue weighted by molar-refractivity contribution is 5.75. The topological polar surface area (TPSA) is 71.1 Å². The van der Waals surface area contributed by atoms with Gasteiger partial charge in [-0.25, -0.2) is 4.79 Å². The van der Waals surface area contributed by atoms with E-state index < -0.39 is 12.1 Å². The van der Waals surface area contributed by atoms with Crippen molar-refractivity contribution in [2.45, 2.75) is 13.0 Å². The predicted molar refractivity (Wildman–Crippen MR) is 40.5 cm³/mol. The minimum absolute atomic E-state index is 0.0379. The molecule has 0 bridgehead atoms. The average Bonchev–Trinajstić information content (AvgIpc) is 2.12. The van der Waals surface area contributed by atoms with Crippen LogP contribution in [0.25, 0.3) is 0 Å². The molecule has 0 radical (unpaired) electrons. The van der Waals surface area contributed by atoms with Crippen molar-refractivity contribution in [3.63, 3.8) is 0 Å². The Labute approximate surface area is 75.7 Å². The lowest BCUT2D eigenvalue weighted by molar-refractivity contribution is -0.177. The van der Waals surface area contributed by atoms with Crippen molar-refractivity contribution in [2.24, 2.45) is 0 Å². The van der Waals surface area contributed by atoms with E-state index in [1.165, 1.54) is 14.0 Å². The van der Waals surface area contributed by atoms with Crippen molar-refractivity contribution >= 4 is 12.4 Å². The molecule has 76 valence electrons. The molecular formula is C7H12O6. The first-order valence-electron chi connectivity index (χ1n) is 3.54. The summed E-state index contributed by atoms with van der Waals surface area (Å²) in [5, 5.41) is 0. The summed E-state index contributed by atoms with van der Waals surface area (Å²) >= 11 is 0. The molecule has 0 spiro atoms. The lowest BCUT2D eigenvalue weighted by Gasteiger charge is -2.09. The molecule has 0 fully saturated rings. The molecule has 13 heavy (non-hydrogen) atoms. The van der Waals surface area contributed by atoms with E-state index in [9.17, 15) is 9.59 Å². The molecule has 0 aromatic rings. The second-order valence-electron chi connectivity index (χ2n) is 2.07. The van der Waals surface area contributed by atoms with Gasteiger partial charge < -0.3 is 18.9 Å². The lowest BCUT2D eigenvalue weighted by atomic mass is 10.4. The maximum Gasteiger partial charge on any atom is 0.349 e. The molecule has 0 heterocycles. The van der Waals surface area contributed by atoms with E-state index in [0.29, 0.717) is 0 Å². The normalized spacial score (nSPS) is 11.8. The zero-order valence-corrected chi connectivity index (χ0v) is 7.52. The Bertz CT molecular complexity index is 157. The van der Waals surface area contributed by atoms with Gasteiger partial charge in [0.25, 0.3) is 6.47 Å². The standard InChI is InChI=1S/C7H12O6/c1-6(12-3-8)7(9)13-5-11-4-10-2/h3,6H,4-5H2,1-2H3. The van der Waals surface area contributed by atoms with Gasteiger partial charge in [-0.15, -0.1) is 0 Å². The molecule has 0 N–H and O–H groups in total. The zero-order valence-electron chi connectivity index (χ0n) is 7.52. The Morgan fingerprint density at radius 1 is 1.46 bits per heavy atom. The van der Waals surface area contributed by atoms with Crippen LogP contribution in [0.5, 0.6) is 0 Å². The van der Waals surface area contributed by atoms with Gasteiger partial charge in [0.15, 0.2) is 12.9 Å². The number of hydrogen-bond donors (Lipinski definition) is 0. The van der Waals surface area contributed by atoms with Crippen LogP contribution in [0.1, 0.15) is 6.92 Å². The fourth-order valence-corrected chi connectivity index (χ4v) is 0.473. The molecular weight excluding hydrogens is 180 g/mol. The molecule has 0 aliphatic heterocycles. The minimum atomic E-state index is -0.913. The number of rotatable bonds is 7. The van der Waals surface area contributed by atoms with Gasteiger partial charge >= 0.3 is 5.97 Å². The van der Waals surface area contributed by atoms with Gasteiger partial charge in [0, 0.05) is 7.11 Å². The van der Waals surface area contributed by atoms with E-state index in [2.05, 4.69) is 18.9 Å². The van der Waals surface area contributed by atoms with E-state index in [-0.39, 0.29) is 20.1 Å². The summed E-state index contributed by atoms with van der Waals surface area (Å²) in [6.45, 7) is 1.39. The summed E-state index contributed by atoms with van der Waals surface area (Å²) in [4.78, 5) is 20.7. The highest BCUT2D eigenvalue weighted by atomic mass is 16.7. The summed E-state index contributed by atoms with van der Waals surface area (Å²) in [5.41, 5.74) is 0. The van der Waals surface area contributed by atoms with Gasteiger partial charge in [-0.2, -0.15) is 0 Å². The maximum atomic E-state index is 10.9. The first-order valence-corrected chi connectivity index (χ1v) is 3.54. The van der Waals surface area contributed by atoms with Crippen molar-refractivity contribution in [3.8, 4) is 0 Å². The molecule has 0 aromatic carbocycles. The molecule has 0 amide bonds. The maximum absolute atomic E-state index is 10.9. The van der Waals surface area contributed by atoms with Crippen LogP contribution >= 0.6 is 0 Å². The predicted octanol–water partition coefficient (Wildman–Crippen LogP) is -0.331. The van der Waals surface area contributed by atoms with Crippen LogP contribution in [-0.2, 0) is 28.5 Å². The highest BCUT2D eigenvalue weighted by Gasteiger charge is 2.14. The zero-order chi connectivity index (χ0) is 10.1. The summed E-state index contributed by atoms with van der Waals surface area (Å²) in [6.07, 6.45) is -0.913. The van der Waals surface area contributed by atoms with E-state index in [1.54, 1.807) is 0 Å². The Morgan fingerprint density at radius 2 is 2.15 bits per heavy atom. The second kappa shape index (κ2) is 7.51. The summed E-state index contributed by atoms with van der Waals surface area (Å²) in [7, 11) is 1.44. The number of esters is 1. The van der Waals surface area contributed by atoms with Crippen molar-refractivity contribution in [2.75, 3.05) is 20.7 Å². The number of methoxy groups -OCH3 is 1. The average molecular weight is 192 g/mol. The second-order valence-corrected chi connectivity index (χ2v) is 2.07. The fourth-order valence-electron chi connectivity index (χ4n) is 0.473. The fraction of sp³-hybridized carbons (Fsp3) is 0.714. The largest absolute Gasteiger partial charge is 0.453 e. The van der Waals surface area contributed by atoms with Crippen LogP contribution in [-0.4, -0.2) is 39.2 Å². The third-order valence-corrected chi connectivity index (χ3v) is 1.08. The molecule has 6 heteroatoms. The van der Waals surface area contributed by atoms with Crippen LogP contribution < -0.4 is 0 Å². The smallest absolute Gasteiger partial charge is 0.349 e. The summed E-state index contributed by atoms with van der Waals surface area (Å²) in [6, 6.07) is 0. The molecule has 0 saturated carbocycles. The Hall–Kier alpha value is -1.14. The van der Waals surface area contributed by atoms with Gasteiger partial charge in [0.1, 0.15) is 6.79 Å². The minimum Gasteiger partial charge on any atom is -0.453 e. The summed E-state index contributed by atoms with van der Waals surface area (Å²) < 4.78 is 18.1. The van der Waals surface area contributed by atoms with Crippen LogP contribution in [0, 0.1) is 0 Å². The molecule has 1 atom stereocenters. The van der Waals surface area contributed by atoms with Crippen molar-refractivity contribution in [1.82, 2.24) is 0 Å². The first-order chi connectivity index (χ1) is 6.22. The van der Waals surface area contributed by atoms with Crippen LogP contribution in [0.4, 0.5) is 0 Å². The van der Waals surface area contributed by atoms with Crippen LogP contribution in [0.15, 0.2) is 0 Å². The molecule has 0 saturated heterocycles. The number of ether oxygens (including phenoxy) is 4. The van der Waals surface area contributed by atoms with Gasteiger partial charge in [-0.05, 0) is 6.92 Å². The Balaban J connectivity index is 3.44. The van der Waals surface area contributed by atoms with Crippen LogP contribution in [0.3, 0.4) is 0 Å². The van der Waals surface area contributed by atoms with Gasteiger partial charge in [0.05, 0.1) is 0 Å². The number of carbonyl (C=O) groups excluding carboxylic acids is 2. The van der Waals surface area contributed by atoms with E-state index in [0.717, 1.165) is 0 Å². The Morgan fingerprint density at radius 3 is 2.69 bits per heavy atom. The summed E-state index contributed by atoms with van der Waals surface area (Å²) in [5.74, 6) is -0.664. The van der Waals surface area contributed by atoms with Gasteiger partial charge in [-0.3, -0.25) is 4.79 Å². The van der Waals surface area contributed by atoms with E-state index in [1.807, 2.05) is 0 Å². The number of hydrogen-bond acceptors (Lipinski definition) is 6. The molecule has 1 unspecified atom stereocenters. The monoisotopic (exact) mass is 192 g/mol. The molecule has 0 rings (SSSR count). The third kappa shape index (κ3) is 6.06. The van der Waals surface area contributed by atoms with E-state index >= 15 is 0 Å². The van der Waals surface area contributed by atoms with Crippen molar-refractivity contribution < 1.29 is 28.5 Å². The molecule has 6 nitrogen and oxygen atoms in total. The molecule has 0 aliphatic carbocycles. The quantitative estimate of drug-likeness (QED) is 0.238. The lowest BCUT2D eigenvalue weighted by Crippen LogP contribution is -2.24. The highest BCUT2D eigenvalue weighted by Crippen LogP contribution is 1.92. The van der Waals surface area contributed by atoms with Gasteiger partial charge in [-0.1, -0.05) is 0 Å². The number of carbonyl (C=O) groups is 2. The van der Waals surface area contributed by atoms with Crippen molar-refractivity contribution in [3.05, 3.63) is 0 Å². The third-order valence-electron chi connectivity index (χ3n) is 1.08. The van der Waals surface area contributed by atoms with Gasteiger partial charge in [0.2, 0.25) is 0 Å². The Kier molecular flexibility index (Phi) is 6.85. The molecule has 0 aromatic heterocycles. The van der Waals surface area contributed by atoms with E-state index in [4.69, 9.17) is 0 Å². The first kappa shape index (κ1) is 11.9. The van der Waals surface area contributed by atoms with Crippen molar-refractivity contribution in [1.29, 1.82) is 0 Å². The SMILES string of the molecule is COCOCOC(=O)C(C)OC=O. The molecule has 0 aliphatic rings. The van der Waals surface area contributed by atoms with Crippen LogP contribution in [0.2, 0.25) is 0 Å².